The summed E-state index contributed by atoms with van der Waals surface area (Å²) in [7, 11) is 0. The summed E-state index contributed by atoms with van der Waals surface area (Å²) in [6.45, 7) is 3.86. The molecule has 0 aromatic carbocycles. The number of hydrogen-bond donors (Lipinski definition) is 1. The summed E-state index contributed by atoms with van der Waals surface area (Å²) >= 11 is 0. The van der Waals surface area contributed by atoms with E-state index in [-0.39, 0.29) is 6.10 Å². The van der Waals surface area contributed by atoms with Crippen molar-refractivity contribution in [2.24, 2.45) is 0 Å². The predicted molar refractivity (Wildman–Crippen MR) is 42.2 cm³/mol. The zero-order valence-corrected chi connectivity index (χ0v) is 6.61. The van der Waals surface area contributed by atoms with Crippen molar-refractivity contribution < 1.29 is 4.74 Å². The van der Waals surface area contributed by atoms with Crippen molar-refractivity contribution in [1.29, 1.82) is 0 Å². The smallest absolute Gasteiger partial charge is 0.232 e. The number of anilines is 1. The molecule has 0 amide bonds. The van der Waals surface area contributed by atoms with Crippen LogP contribution >= 0.6 is 0 Å². The van der Waals surface area contributed by atoms with Crippen molar-refractivity contribution in [3.8, 4) is 5.88 Å². The Balaban J connectivity index is 2.66. The van der Waals surface area contributed by atoms with Crippen LogP contribution in [0.5, 0.6) is 5.88 Å². The van der Waals surface area contributed by atoms with Gasteiger partial charge in [-0.15, -0.1) is 0 Å². The zero-order valence-electron chi connectivity index (χ0n) is 6.61. The largest absolute Gasteiger partial charge is 0.474 e. The molecule has 1 heterocycles. The fourth-order valence-electron chi connectivity index (χ4n) is 0.629. The van der Waals surface area contributed by atoms with E-state index in [1.165, 1.54) is 12.4 Å². The summed E-state index contributed by atoms with van der Waals surface area (Å²) in [5, 5.41) is 0. The average Bonchev–Trinajstić information content (AvgIpc) is 1.93. The minimum absolute atomic E-state index is 0.118. The van der Waals surface area contributed by atoms with Gasteiger partial charge < -0.3 is 10.5 Å². The number of nitrogens with two attached hydrogens (primary N) is 1. The van der Waals surface area contributed by atoms with Crippen LogP contribution in [0.4, 0.5) is 5.82 Å². The van der Waals surface area contributed by atoms with Gasteiger partial charge in [-0.1, -0.05) is 0 Å². The van der Waals surface area contributed by atoms with Gasteiger partial charge >= 0.3 is 0 Å². The van der Waals surface area contributed by atoms with Crippen molar-refractivity contribution in [3.63, 3.8) is 0 Å². The average molecular weight is 153 g/mol. The van der Waals surface area contributed by atoms with Crippen LogP contribution < -0.4 is 10.5 Å². The van der Waals surface area contributed by atoms with Gasteiger partial charge in [0.1, 0.15) is 5.82 Å². The number of aromatic nitrogens is 2. The molecule has 0 saturated heterocycles. The van der Waals surface area contributed by atoms with Crippen molar-refractivity contribution in [1.82, 2.24) is 9.97 Å². The number of ether oxygens (including phenoxy) is 1. The van der Waals surface area contributed by atoms with Gasteiger partial charge in [-0.05, 0) is 13.8 Å². The molecule has 0 aliphatic carbocycles. The second-order valence-corrected chi connectivity index (χ2v) is 2.45. The summed E-state index contributed by atoms with van der Waals surface area (Å²) in [5.74, 6) is 0.912. The van der Waals surface area contributed by atoms with Gasteiger partial charge in [-0.25, -0.2) is 9.97 Å². The Hall–Kier alpha value is -1.32. The van der Waals surface area contributed by atoms with E-state index in [4.69, 9.17) is 10.5 Å². The highest BCUT2D eigenvalue weighted by molar-refractivity contribution is 5.24. The Morgan fingerprint density at radius 1 is 1.36 bits per heavy atom. The molecule has 0 atom stereocenters. The third-order valence-corrected chi connectivity index (χ3v) is 1.00. The summed E-state index contributed by atoms with van der Waals surface area (Å²) in [6.07, 6.45) is 3.10. The highest BCUT2D eigenvalue weighted by Crippen LogP contribution is 2.06. The Kier molecular flexibility index (Phi) is 2.25. The molecular weight excluding hydrogens is 142 g/mol. The quantitative estimate of drug-likeness (QED) is 0.684. The molecule has 11 heavy (non-hydrogen) atoms. The topological polar surface area (TPSA) is 61.0 Å². The Morgan fingerprint density at radius 3 is 2.55 bits per heavy atom. The third-order valence-electron chi connectivity index (χ3n) is 1.00. The summed E-state index contributed by atoms with van der Waals surface area (Å²) in [4.78, 5) is 7.73. The van der Waals surface area contributed by atoms with Gasteiger partial charge in [0.15, 0.2) is 0 Å². The van der Waals surface area contributed by atoms with E-state index < -0.39 is 0 Å². The second-order valence-electron chi connectivity index (χ2n) is 2.45. The first kappa shape index (κ1) is 7.78. The maximum absolute atomic E-state index is 5.33. The van der Waals surface area contributed by atoms with Gasteiger partial charge in [-0.3, -0.25) is 0 Å². The van der Waals surface area contributed by atoms with Crippen LogP contribution in [-0.2, 0) is 0 Å². The lowest BCUT2D eigenvalue weighted by Crippen LogP contribution is -2.07. The molecule has 0 unspecified atom stereocenters. The van der Waals surface area contributed by atoms with Crippen molar-refractivity contribution in [3.05, 3.63) is 12.4 Å². The maximum atomic E-state index is 5.33. The van der Waals surface area contributed by atoms with Crippen LogP contribution in [0, 0.1) is 0 Å². The lowest BCUT2D eigenvalue weighted by atomic mass is 10.5. The number of rotatable bonds is 2. The van der Waals surface area contributed by atoms with Crippen LogP contribution in [0.15, 0.2) is 12.4 Å². The van der Waals surface area contributed by atoms with E-state index in [0.717, 1.165) is 0 Å². The molecule has 1 aromatic heterocycles. The summed E-state index contributed by atoms with van der Waals surface area (Å²) in [5.41, 5.74) is 5.33. The lowest BCUT2D eigenvalue weighted by molar-refractivity contribution is 0.231. The Bertz CT molecular complexity index is 220. The standard InChI is InChI=1S/C7H11N3O/c1-5(2)11-7-4-9-6(8)3-10-7/h3-5H,1-2H3,(H2,8,9). The molecule has 2 N–H and O–H groups in total. The third kappa shape index (κ3) is 2.41. The lowest BCUT2D eigenvalue weighted by Gasteiger charge is -2.06. The van der Waals surface area contributed by atoms with Gasteiger partial charge in [0.25, 0.3) is 0 Å². The Morgan fingerprint density at radius 2 is 2.09 bits per heavy atom. The van der Waals surface area contributed by atoms with Crippen molar-refractivity contribution >= 4 is 5.82 Å². The molecule has 0 aliphatic rings. The molecule has 0 spiro atoms. The van der Waals surface area contributed by atoms with Crippen LogP contribution in [0.3, 0.4) is 0 Å². The van der Waals surface area contributed by atoms with Crippen LogP contribution in [0.25, 0.3) is 0 Å². The van der Waals surface area contributed by atoms with E-state index in [1.807, 2.05) is 13.8 Å². The van der Waals surface area contributed by atoms with Crippen LogP contribution in [0.2, 0.25) is 0 Å². The van der Waals surface area contributed by atoms with E-state index >= 15 is 0 Å². The number of nitrogens with zero attached hydrogens (tertiary/aromatic N) is 2. The molecule has 0 radical (unpaired) electrons. The molecular formula is C7H11N3O. The van der Waals surface area contributed by atoms with Crippen molar-refractivity contribution in [2.75, 3.05) is 5.73 Å². The first-order valence-electron chi connectivity index (χ1n) is 3.42. The van der Waals surface area contributed by atoms with E-state index in [1.54, 1.807) is 0 Å². The number of nitrogen functional groups attached to an aromatic ring is 1. The van der Waals surface area contributed by atoms with E-state index in [9.17, 15) is 0 Å². The number of hydrogen-bond acceptors (Lipinski definition) is 4. The maximum Gasteiger partial charge on any atom is 0.232 e. The van der Waals surface area contributed by atoms with Crippen molar-refractivity contribution in [2.45, 2.75) is 20.0 Å². The van der Waals surface area contributed by atoms with Gasteiger partial charge in [-0.2, -0.15) is 0 Å². The first-order valence-corrected chi connectivity index (χ1v) is 3.42. The monoisotopic (exact) mass is 153 g/mol. The molecule has 1 aromatic rings. The minimum Gasteiger partial charge on any atom is -0.474 e. The first-order chi connectivity index (χ1) is 5.18. The van der Waals surface area contributed by atoms with E-state index in [2.05, 4.69) is 9.97 Å². The van der Waals surface area contributed by atoms with Gasteiger partial charge in [0, 0.05) is 0 Å². The molecule has 4 heteroatoms. The fraction of sp³-hybridized carbons (Fsp3) is 0.429. The highest BCUT2D eigenvalue weighted by atomic mass is 16.5. The van der Waals surface area contributed by atoms with Crippen LogP contribution in [0.1, 0.15) is 13.8 Å². The summed E-state index contributed by atoms with van der Waals surface area (Å²) in [6, 6.07) is 0. The molecule has 0 aliphatic heterocycles. The molecule has 60 valence electrons. The zero-order chi connectivity index (χ0) is 8.27. The normalized spacial score (nSPS) is 10.1. The SMILES string of the molecule is CC(C)Oc1cnc(N)cn1. The minimum atomic E-state index is 0.118. The molecule has 0 bridgehead atoms. The predicted octanol–water partition coefficient (Wildman–Crippen LogP) is 0.846. The highest BCUT2D eigenvalue weighted by Gasteiger charge is 1.97. The Labute approximate surface area is 65.4 Å². The molecule has 4 nitrogen and oxygen atoms in total. The van der Waals surface area contributed by atoms with Crippen LogP contribution in [-0.4, -0.2) is 16.1 Å². The summed E-state index contributed by atoms with van der Waals surface area (Å²) < 4.78 is 5.24. The second kappa shape index (κ2) is 3.18. The van der Waals surface area contributed by atoms with Gasteiger partial charge in [0.05, 0.1) is 18.5 Å². The van der Waals surface area contributed by atoms with Gasteiger partial charge in [0.2, 0.25) is 5.88 Å². The molecule has 0 saturated carbocycles. The van der Waals surface area contributed by atoms with E-state index in [0.29, 0.717) is 11.7 Å². The molecule has 0 fully saturated rings. The molecule has 1 rings (SSSR count). The fourth-order valence-corrected chi connectivity index (χ4v) is 0.629.